The minimum absolute atomic E-state index is 0.0358. The Morgan fingerprint density at radius 2 is 1.84 bits per heavy atom. The van der Waals surface area contributed by atoms with Gasteiger partial charge in [-0.3, -0.25) is 9.78 Å². The van der Waals surface area contributed by atoms with Crippen LogP contribution in [0.3, 0.4) is 0 Å². The number of hydrogen-bond donors (Lipinski definition) is 2. The molecule has 8 nitrogen and oxygen atoms in total. The standard InChI is InChI=1S/C29H33N3O5/c1-35-26-14-11-23(17-27(26)37-25-6-2-3-7-25)32(29(34)20-5-4-16-30-18-20)22-9-12-24(13-10-22)36-19-21-8-15-28(33)31-21/h4-5,9-14,16-18,21,25,29,34H,2-3,6-8,15,19H2,1H3,(H,31,33). The second-order valence-corrected chi connectivity index (χ2v) is 9.50. The smallest absolute Gasteiger partial charge is 0.220 e. The molecule has 37 heavy (non-hydrogen) atoms. The summed E-state index contributed by atoms with van der Waals surface area (Å²) in [7, 11) is 1.63. The van der Waals surface area contributed by atoms with Crippen molar-refractivity contribution >= 4 is 17.3 Å². The molecule has 1 aliphatic heterocycles. The third-order valence-electron chi connectivity index (χ3n) is 6.90. The number of nitrogens with zero attached hydrogens (tertiary/aromatic N) is 2. The number of hydrogen-bond acceptors (Lipinski definition) is 7. The second-order valence-electron chi connectivity index (χ2n) is 9.50. The minimum atomic E-state index is -0.984. The maximum Gasteiger partial charge on any atom is 0.220 e. The zero-order valence-electron chi connectivity index (χ0n) is 21.0. The third-order valence-corrected chi connectivity index (χ3v) is 6.90. The fraction of sp³-hybridized carbons (Fsp3) is 0.379. The summed E-state index contributed by atoms with van der Waals surface area (Å²) in [4.78, 5) is 17.5. The number of pyridine rings is 1. The van der Waals surface area contributed by atoms with Crippen LogP contribution in [-0.4, -0.2) is 41.9 Å². The van der Waals surface area contributed by atoms with Gasteiger partial charge in [-0.15, -0.1) is 0 Å². The van der Waals surface area contributed by atoms with E-state index in [1.807, 2.05) is 53.4 Å². The number of rotatable bonds is 10. The summed E-state index contributed by atoms with van der Waals surface area (Å²) in [6, 6.07) is 16.9. The van der Waals surface area contributed by atoms with E-state index >= 15 is 0 Å². The van der Waals surface area contributed by atoms with Gasteiger partial charge in [0.1, 0.15) is 12.4 Å². The van der Waals surface area contributed by atoms with Crippen LogP contribution in [0.25, 0.3) is 0 Å². The predicted molar refractivity (Wildman–Crippen MR) is 140 cm³/mol. The molecule has 0 spiro atoms. The van der Waals surface area contributed by atoms with Gasteiger partial charge in [0, 0.05) is 41.8 Å². The summed E-state index contributed by atoms with van der Waals surface area (Å²) in [6.07, 6.45) is 8.24. The van der Waals surface area contributed by atoms with Crippen LogP contribution in [0.5, 0.6) is 17.2 Å². The molecular formula is C29H33N3O5. The first-order chi connectivity index (χ1) is 18.1. The van der Waals surface area contributed by atoms with Gasteiger partial charge in [0.25, 0.3) is 0 Å². The Morgan fingerprint density at radius 1 is 1.05 bits per heavy atom. The number of nitrogens with one attached hydrogen (secondary N) is 1. The highest BCUT2D eigenvalue weighted by atomic mass is 16.5. The quantitative estimate of drug-likeness (QED) is 0.380. The summed E-state index contributed by atoms with van der Waals surface area (Å²) in [5.74, 6) is 2.09. The van der Waals surface area contributed by atoms with E-state index in [1.54, 1.807) is 25.6 Å². The maximum absolute atomic E-state index is 11.5. The molecule has 8 heteroatoms. The van der Waals surface area contributed by atoms with Crippen molar-refractivity contribution in [3.05, 3.63) is 72.6 Å². The fourth-order valence-electron chi connectivity index (χ4n) is 4.90. The summed E-state index contributed by atoms with van der Waals surface area (Å²) in [6.45, 7) is 0.424. The lowest BCUT2D eigenvalue weighted by Crippen LogP contribution is -2.30. The van der Waals surface area contributed by atoms with Crippen molar-refractivity contribution in [2.75, 3.05) is 18.6 Å². The largest absolute Gasteiger partial charge is 0.493 e. The Labute approximate surface area is 217 Å². The first-order valence-electron chi connectivity index (χ1n) is 12.8. The van der Waals surface area contributed by atoms with E-state index in [0.717, 1.165) is 30.6 Å². The monoisotopic (exact) mass is 503 g/mol. The van der Waals surface area contributed by atoms with Crippen LogP contribution < -0.4 is 24.4 Å². The highest BCUT2D eigenvalue weighted by Gasteiger charge is 2.25. The van der Waals surface area contributed by atoms with E-state index in [2.05, 4.69) is 10.3 Å². The van der Waals surface area contributed by atoms with Gasteiger partial charge in [0.15, 0.2) is 17.7 Å². The summed E-state index contributed by atoms with van der Waals surface area (Å²) < 4.78 is 17.8. The molecule has 2 atom stereocenters. The van der Waals surface area contributed by atoms with Crippen molar-refractivity contribution in [1.82, 2.24) is 10.3 Å². The zero-order chi connectivity index (χ0) is 25.6. The molecule has 1 aliphatic carbocycles. The number of anilines is 2. The predicted octanol–water partition coefficient (Wildman–Crippen LogP) is 4.90. The van der Waals surface area contributed by atoms with Gasteiger partial charge >= 0.3 is 0 Å². The van der Waals surface area contributed by atoms with E-state index < -0.39 is 6.23 Å². The van der Waals surface area contributed by atoms with E-state index in [4.69, 9.17) is 14.2 Å². The number of ether oxygens (including phenoxy) is 3. The van der Waals surface area contributed by atoms with Crippen molar-refractivity contribution in [2.45, 2.75) is 56.9 Å². The molecule has 0 bridgehead atoms. The molecule has 2 heterocycles. The number of methoxy groups -OCH3 is 1. The number of benzene rings is 2. The molecule has 1 aromatic heterocycles. The van der Waals surface area contributed by atoms with E-state index in [-0.39, 0.29) is 18.1 Å². The molecule has 2 fully saturated rings. The Kier molecular flexibility index (Phi) is 7.75. The molecule has 1 saturated heterocycles. The van der Waals surface area contributed by atoms with Crippen LogP contribution >= 0.6 is 0 Å². The maximum atomic E-state index is 11.5. The van der Waals surface area contributed by atoms with E-state index in [0.29, 0.717) is 35.8 Å². The summed E-state index contributed by atoms with van der Waals surface area (Å²) in [5, 5.41) is 14.4. The highest BCUT2D eigenvalue weighted by molar-refractivity contribution is 5.78. The highest BCUT2D eigenvalue weighted by Crippen LogP contribution is 2.40. The molecular weight excluding hydrogens is 470 g/mol. The molecule has 0 radical (unpaired) electrons. The van der Waals surface area contributed by atoms with Crippen LogP contribution in [-0.2, 0) is 4.79 Å². The third kappa shape index (κ3) is 5.97. The Bertz CT molecular complexity index is 1180. The van der Waals surface area contributed by atoms with Crippen molar-refractivity contribution in [1.29, 1.82) is 0 Å². The molecule has 2 unspecified atom stereocenters. The van der Waals surface area contributed by atoms with Gasteiger partial charge in [-0.1, -0.05) is 6.07 Å². The Hall–Kier alpha value is -3.78. The van der Waals surface area contributed by atoms with E-state index in [1.165, 1.54) is 12.8 Å². The normalized spacial score (nSPS) is 18.3. The molecule has 1 amide bonds. The lowest BCUT2D eigenvalue weighted by Gasteiger charge is -2.31. The van der Waals surface area contributed by atoms with E-state index in [9.17, 15) is 9.90 Å². The number of aromatic nitrogens is 1. The molecule has 2 aromatic carbocycles. The van der Waals surface area contributed by atoms with Gasteiger partial charge in [-0.05, 0) is 74.6 Å². The van der Waals surface area contributed by atoms with Crippen molar-refractivity contribution in [3.63, 3.8) is 0 Å². The lowest BCUT2D eigenvalue weighted by molar-refractivity contribution is -0.119. The van der Waals surface area contributed by atoms with Crippen molar-refractivity contribution in [2.24, 2.45) is 0 Å². The SMILES string of the molecule is COc1ccc(N(c2ccc(OCC3CCC(=O)N3)cc2)C(O)c2cccnc2)cc1OC1CCCC1. The van der Waals surface area contributed by atoms with Gasteiger partial charge in [0.2, 0.25) is 5.91 Å². The summed E-state index contributed by atoms with van der Waals surface area (Å²) in [5.41, 5.74) is 2.19. The van der Waals surface area contributed by atoms with Gasteiger partial charge in [-0.2, -0.15) is 0 Å². The lowest BCUT2D eigenvalue weighted by atomic mass is 10.1. The van der Waals surface area contributed by atoms with Crippen molar-refractivity contribution in [3.8, 4) is 17.2 Å². The van der Waals surface area contributed by atoms with Gasteiger partial charge < -0.3 is 29.5 Å². The number of carbonyl (C=O) groups excluding carboxylic acids is 1. The number of amides is 1. The molecule has 1 saturated carbocycles. The van der Waals surface area contributed by atoms with Crippen LogP contribution in [0.15, 0.2) is 67.0 Å². The van der Waals surface area contributed by atoms with Crippen LogP contribution in [0.4, 0.5) is 11.4 Å². The Morgan fingerprint density at radius 3 is 2.51 bits per heavy atom. The number of carbonyl (C=O) groups is 1. The first-order valence-corrected chi connectivity index (χ1v) is 12.8. The van der Waals surface area contributed by atoms with Crippen LogP contribution in [0.2, 0.25) is 0 Å². The first kappa shape index (κ1) is 24.9. The average molecular weight is 504 g/mol. The molecule has 2 aliphatic rings. The summed E-state index contributed by atoms with van der Waals surface area (Å²) >= 11 is 0. The minimum Gasteiger partial charge on any atom is -0.493 e. The van der Waals surface area contributed by atoms with Gasteiger partial charge in [-0.25, -0.2) is 0 Å². The van der Waals surface area contributed by atoms with Crippen LogP contribution in [0, 0.1) is 0 Å². The molecule has 194 valence electrons. The molecule has 3 aromatic rings. The molecule has 5 rings (SSSR count). The average Bonchev–Trinajstić information content (AvgIpc) is 3.60. The van der Waals surface area contributed by atoms with Gasteiger partial charge in [0.05, 0.1) is 19.3 Å². The second kappa shape index (κ2) is 11.5. The van der Waals surface area contributed by atoms with Crippen molar-refractivity contribution < 1.29 is 24.1 Å². The van der Waals surface area contributed by atoms with Crippen LogP contribution in [0.1, 0.15) is 50.3 Å². The topological polar surface area (TPSA) is 93.2 Å². The number of aliphatic hydroxyl groups is 1. The molecule has 2 N–H and O–H groups in total. The zero-order valence-corrected chi connectivity index (χ0v) is 21.0. The Balaban J connectivity index is 1.42. The fourth-order valence-corrected chi connectivity index (χ4v) is 4.90. The number of aliphatic hydroxyl groups excluding tert-OH is 1.